The van der Waals surface area contributed by atoms with Gasteiger partial charge in [0.05, 0.1) is 15.6 Å². The van der Waals surface area contributed by atoms with Crippen molar-refractivity contribution in [2.45, 2.75) is 67.8 Å². The zero-order valence-corrected chi connectivity index (χ0v) is 27.6. The molecule has 0 saturated carbocycles. The van der Waals surface area contributed by atoms with Gasteiger partial charge in [0.2, 0.25) is 17.7 Å². The number of fused-ring (bicyclic) bond motifs is 2. The summed E-state index contributed by atoms with van der Waals surface area (Å²) < 4.78 is 3.42. The van der Waals surface area contributed by atoms with E-state index in [4.69, 9.17) is 22.3 Å². The highest BCUT2D eigenvalue weighted by Crippen LogP contribution is 2.43. The molecule has 0 radical (unpaired) electrons. The fraction of sp³-hybridized carbons (Fsp3) is 0.438. The number of carbonyl (C=O) groups excluding carboxylic acids is 2. The summed E-state index contributed by atoms with van der Waals surface area (Å²) in [7, 11) is 0. The molecule has 0 aliphatic carbocycles. The summed E-state index contributed by atoms with van der Waals surface area (Å²) in [6.45, 7) is 5.01. The maximum absolute atomic E-state index is 13.2. The molecular formula is C32H36ClN9O4S. The van der Waals surface area contributed by atoms with Crippen LogP contribution < -0.4 is 21.5 Å². The number of aryl methyl sites for hydroxylation is 1. The van der Waals surface area contributed by atoms with E-state index in [2.05, 4.69) is 20.2 Å². The Kier molecular flexibility index (Phi) is 8.35. The molecule has 246 valence electrons. The fourth-order valence-corrected chi connectivity index (χ4v) is 8.28. The summed E-state index contributed by atoms with van der Waals surface area (Å²) in [4.78, 5) is 57.3. The molecule has 7 rings (SSSR count). The summed E-state index contributed by atoms with van der Waals surface area (Å²) in [5, 5.41) is 13.4. The van der Waals surface area contributed by atoms with Crippen molar-refractivity contribution < 1.29 is 14.7 Å². The average Bonchev–Trinajstić information content (AvgIpc) is 3.56. The highest BCUT2D eigenvalue weighted by atomic mass is 35.5. The quantitative estimate of drug-likeness (QED) is 0.285. The third kappa shape index (κ3) is 5.72. The van der Waals surface area contributed by atoms with E-state index in [0.29, 0.717) is 35.9 Å². The number of piperidine rings is 2. The highest BCUT2D eigenvalue weighted by molar-refractivity contribution is 7.99. The van der Waals surface area contributed by atoms with Gasteiger partial charge in [0, 0.05) is 75.6 Å². The normalized spacial score (nSPS) is 19.2. The number of rotatable bonds is 5. The number of nitrogens with zero attached hydrogens (tertiary/aromatic N) is 7. The van der Waals surface area contributed by atoms with Crippen LogP contribution >= 0.6 is 23.4 Å². The Hall–Kier alpha value is -4.14. The third-order valence-electron chi connectivity index (χ3n) is 9.86. The standard InChI is InChI=1S/C32H36ClN9O4S/c1-19(43)40-15-10-32(23(34)18-40)8-13-39(14-9-32)31-36-17-22(27-35-11-16-42(27)31)47-21-6-4-5-20(26(21)33)37-28(44)25-29(45)38-24-7-2-3-12-41(24)30(25)46/h4-6,11,16-17,23,45H,2-3,7-10,12-15,18,34H2,1H3,(H,37,44). The molecule has 13 nitrogen and oxygen atoms in total. The largest absolute Gasteiger partial charge is 0.493 e. The van der Waals surface area contributed by atoms with Gasteiger partial charge in [-0.2, -0.15) is 4.98 Å². The van der Waals surface area contributed by atoms with Crippen molar-refractivity contribution in [3.05, 3.63) is 63.6 Å². The average molecular weight is 678 g/mol. The molecule has 3 aromatic heterocycles. The van der Waals surface area contributed by atoms with Crippen molar-refractivity contribution in [2.24, 2.45) is 11.1 Å². The van der Waals surface area contributed by atoms with Gasteiger partial charge in [0.1, 0.15) is 5.82 Å². The molecule has 6 heterocycles. The number of aromatic nitrogens is 5. The Morgan fingerprint density at radius 1 is 1.11 bits per heavy atom. The van der Waals surface area contributed by atoms with E-state index >= 15 is 0 Å². The maximum Gasteiger partial charge on any atom is 0.270 e. The SMILES string of the molecule is CC(=O)N1CCC2(CCN(c3ncc(Sc4cccc(NC(=O)c5c(O)nc6n(c5=O)CCCC6)c4Cl)c4nccn34)CC2)C(N)C1. The van der Waals surface area contributed by atoms with Crippen molar-refractivity contribution in [3.8, 4) is 5.88 Å². The lowest BCUT2D eigenvalue weighted by molar-refractivity contribution is -0.132. The van der Waals surface area contributed by atoms with Gasteiger partial charge in [-0.3, -0.25) is 23.4 Å². The first-order valence-corrected chi connectivity index (χ1v) is 17.0. The zero-order valence-electron chi connectivity index (χ0n) is 26.0. The molecule has 2 amide bonds. The highest BCUT2D eigenvalue weighted by Gasteiger charge is 2.44. The fourth-order valence-electron chi connectivity index (χ4n) is 7.06. The number of hydrogen-bond donors (Lipinski definition) is 3. The van der Waals surface area contributed by atoms with Gasteiger partial charge in [-0.05, 0) is 49.7 Å². The Morgan fingerprint density at radius 2 is 1.89 bits per heavy atom. The molecule has 1 aromatic carbocycles. The van der Waals surface area contributed by atoms with Crippen LogP contribution in [-0.2, 0) is 17.8 Å². The van der Waals surface area contributed by atoms with Crippen LogP contribution in [0.5, 0.6) is 5.88 Å². The molecule has 1 spiro atoms. The van der Waals surface area contributed by atoms with E-state index in [1.165, 1.54) is 16.3 Å². The van der Waals surface area contributed by atoms with E-state index in [1.54, 1.807) is 31.5 Å². The molecule has 15 heteroatoms. The number of amides is 2. The minimum Gasteiger partial charge on any atom is -0.493 e. The monoisotopic (exact) mass is 677 g/mol. The predicted molar refractivity (Wildman–Crippen MR) is 178 cm³/mol. The molecule has 3 aliphatic rings. The van der Waals surface area contributed by atoms with Crippen molar-refractivity contribution in [2.75, 3.05) is 36.4 Å². The number of carbonyl (C=O) groups is 2. The zero-order chi connectivity index (χ0) is 32.9. The molecule has 3 aliphatic heterocycles. The van der Waals surface area contributed by atoms with Crippen molar-refractivity contribution >= 4 is 52.5 Å². The molecule has 1 unspecified atom stereocenters. The molecular weight excluding hydrogens is 642 g/mol. The first-order valence-electron chi connectivity index (χ1n) is 15.8. The number of nitrogens with one attached hydrogen (secondary N) is 1. The molecule has 47 heavy (non-hydrogen) atoms. The second kappa shape index (κ2) is 12.5. The van der Waals surface area contributed by atoms with Gasteiger partial charge in [0.25, 0.3) is 11.5 Å². The van der Waals surface area contributed by atoms with Crippen molar-refractivity contribution in [3.63, 3.8) is 0 Å². The lowest BCUT2D eigenvalue weighted by atomic mass is 9.68. The summed E-state index contributed by atoms with van der Waals surface area (Å²) in [6, 6.07) is 5.17. The lowest BCUT2D eigenvalue weighted by Crippen LogP contribution is -2.59. The van der Waals surface area contributed by atoms with Crippen LogP contribution in [0.1, 0.15) is 55.2 Å². The van der Waals surface area contributed by atoms with Crippen LogP contribution in [0.25, 0.3) is 5.65 Å². The molecule has 1 atom stereocenters. The number of anilines is 2. The number of likely N-dealkylation sites (tertiary alicyclic amines) is 1. The Balaban J connectivity index is 1.08. The van der Waals surface area contributed by atoms with E-state index in [1.807, 2.05) is 21.6 Å². The van der Waals surface area contributed by atoms with E-state index in [-0.39, 0.29) is 22.4 Å². The summed E-state index contributed by atoms with van der Waals surface area (Å²) >= 11 is 8.15. The van der Waals surface area contributed by atoms with Crippen LogP contribution in [0, 0.1) is 5.41 Å². The van der Waals surface area contributed by atoms with Crippen LogP contribution in [-0.4, -0.2) is 78.0 Å². The smallest absolute Gasteiger partial charge is 0.270 e. The maximum atomic E-state index is 13.2. The number of halogens is 1. The van der Waals surface area contributed by atoms with Gasteiger partial charge < -0.3 is 26.0 Å². The van der Waals surface area contributed by atoms with Crippen LogP contribution in [0.3, 0.4) is 0 Å². The van der Waals surface area contributed by atoms with E-state index in [9.17, 15) is 19.5 Å². The Morgan fingerprint density at radius 3 is 2.66 bits per heavy atom. The summed E-state index contributed by atoms with van der Waals surface area (Å²) in [6.07, 6.45) is 10.4. The van der Waals surface area contributed by atoms with E-state index in [0.717, 1.165) is 68.2 Å². The number of aromatic hydroxyl groups is 1. The minimum atomic E-state index is -0.778. The second-order valence-electron chi connectivity index (χ2n) is 12.5. The third-order valence-corrected chi connectivity index (χ3v) is 11.5. The lowest BCUT2D eigenvalue weighted by Gasteiger charge is -2.50. The minimum absolute atomic E-state index is 0.0206. The van der Waals surface area contributed by atoms with Crippen molar-refractivity contribution in [1.29, 1.82) is 0 Å². The first kappa shape index (κ1) is 31.5. The van der Waals surface area contributed by atoms with Gasteiger partial charge >= 0.3 is 0 Å². The summed E-state index contributed by atoms with van der Waals surface area (Å²) in [5.74, 6) is -0.00421. The van der Waals surface area contributed by atoms with E-state index < -0.39 is 22.9 Å². The van der Waals surface area contributed by atoms with Crippen LogP contribution in [0.2, 0.25) is 5.02 Å². The molecule has 0 bridgehead atoms. The molecule has 2 fully saturated rings. The number of nitrogens with two attached hydrogens (primary N) is 1. The topological polar surface area (TPSA) is 164 Å². The van der Waals surface area contributed by atoms with Crippen molar-refractivity contribution in [1.82, 2.24) is 28.8 Å². The first-order chi connectivity index (χ1) is 22.6. The van der Waals surface area contributed by atoms with Gasteiger partial charge in [0.15, 0.2) is 11.2 Å². The molecule has 4 N–H and O–H groups in total. The van der Waals surface area contributed by atoms with Gasteiger partial charge in [-0.1, -0.05) is 29.4 Å². The van der Waals surface area contributed by atoms with Gasteiger partial charge in [-0.15, -0.1) is 0 Å². The second-order valence-corrected chi connectivity index (χ2v) is 14.0. The molecule has 4 aromatic rings. The van der Waals surface area contributed by atoms with Crippen LogP contribution in [0.4, 0.5) is 11.6 Å². The predicted octanol–water partition coefficient (Wildman–Crippen LogP) is 3.55. The number of imidazole rings is 1. The Bertz CT molecular complexity index is 1940. The number of hydrogen-bond acceptors (Lipinski definition) is 10. The Labute approximate surface area is 280 Å². The van der Waals surface area contributed by atoms with Gasteiger partial charge in [-0.25, -0.2) is 9.97 Å². The number of benzene rings is 1. The molecule has 2 saturated heterocycles. The van der Waals surface area contributed by atoms with Crippen LogP contribution in [0.15, 0.2) is 51.4 Å². The summed E-state index contributed by atoms with van der Waals surface area (Å²) in [5.41, 5.74) is 6.69.